The highest BCUT2D eigenvalue weighted by atomic mass is 35.5. The van der Waals surface area contributed by atoms with E-state index in [9.17, 15) is 4.79 Å². The van der Waals surface area contributed by atoms with Crippen LogP contribution in [0.2, 0.25) is 5.02 Å². The van der Waals surface area contributed by atoms with Gasteiger partial charge in [0.1, 0.15) is 24.7 Å². The number of fused-ring (bicyclic) bond motifs is 1. The second kappa shape index (κ2) is 11.5. The van der Waals surface area contributed by atoms with E-state index in [1.165, 1.54) is 36.8 Å². The molecule has 1 fully saturated rings. The number of nitrogens with zero attached hydrogens (tertiary/aromatic N) is 1. The second-order valence-corrected chi connectivity index (χ2v) is 9.84. The van der Waals surface area contributed by atoms with Crippen LogP contribution < -0.4 is 9.47 Å². The normalized spacial score (nSPS) is 18.1. The third-order valence-electron chi connectivity index (χ3n) is 7.02. The molecule has 3 aliphatic rings. The van der Waals surface area contributed by atoms with Crippen molar-refractivity contribution >= 4 is 36.1 Å². The maximum atomic E-state index is 11.1. The molecule has 7 heteroatoms. The highest BCUT2D eigenvalue weighted by Gasteiger charge is 2.21. The Balaban J connectivity index is 0.00000289. The number of halogens is 2. The van der Waals surface area contributed by atoms with Crippen molar-refractivity contribution in [1.29, 1.82) is 0 Å². The molecule has 1 aliphatic carbocycles. The fraction of sp³-hybridized carbons (Fsp3) is 0.393. The molecule has 0 unspecified atom stereocenters. The van der Waals surface area contributed by atoms with Crippen LogP contribution >= 0.6 is 24.0 Å². The molecule has 2 aromatic carbocycles. The van der Waals surface area contributed by atoms with Crippen LogP contribution in [-0.2, 0) is 11.4 Å². The summed E-state index contributed by atoms with van der Waals surface area (Å²) in [6, 6.07) is 12.3. The van der Waals surface area contributed by atoms with Crippen LogP contribution in [0.1, 0.15) is 54.7 Å². The van der Waals surface area contributed by atoms with Crippen molar-refractivity contribution in [3.63, 3.8) is 0 Å². The lowest BCUT2D eigenvalue weighted by Gasteiger charge is -2.27. The number of carbonyl (C=O) groups is 1. The Hall–Kier alpha value is -2.47. The van der Waals surface area contributed by atoms with E-state index in [2.05, 4.69) is 23.1 Å². The Labute approximate surface area is 217 Å². The lowest BCUT2D eigenvalue weighted by atomic mass is 9.96. The van der Waals surface area contributed by atoms with Gasteiger partial charge in [0.25, 0.3) is 0 Å². The summed E-state index contributed by atoms with van der Waals surface area (Å²) in [6.45, 7) is 3.18. The van der Waals surface area contributed by atoms with Crippen molar-refractivity contribution in [2.24, 2.45) is 0 Å². The minimum atomic E-state index is -0.809. The molecule has 2 aromatic rings. The monoisotopic (exact) mass is 515 g/mol. The fourth-order valence-corrected chi connectivity index (χ4v) is 5.46. The van der Waals surface area contributed by atoms with Crippen LogP contribution in [0.5, 0.6) is 11.5 Å². The second-order valence-electron chi connectivity index (χ2n) is 9.44. The highest BCUT2D eigenvalue weighted by Crippen LogP contribution is 2.38. The first-order valence-corrected chi connectivity index (χ1v) is 12.4. The first kappa shape index (κ1) is 25.6. The number of aliphatic carboxylic acids is 1. The maximum Gasteiger partial charge on any atom is 0.331 e. The average Bonchev–Trinajstić information content (AvgIpc) is 3.38. The zero-order valence-electron chi connectivity index (χ0n) is 19.7. The molecular formula is C28H31Cl2NO4. The Morgan fingerprint density at radius 2 is 2.00 bits per heavy atom. The maximum absolute atomic E-state index is 11.1. The van der Waals surface area contributed by atoms with E-state index in [0.29, 0.717) is 37.7 Å². The van der Waals surface area contributed by atoms with E-state index in [-0.39, 0.29) is 12.4 Å². The van der Waals surface area contributed by atoms with Crippen molar-refractivity contribution in [1.82, 2.24) is 4.90 Å². The highest BCUT2D eigenvalue weighted by molar-refractivity contribution is 6.31. The van der Waals surface area contributed by atoms with E-state index >= 15 is 0 Å². The molecule has 5 rings (SSSR count). The van der Waals surface area contributed by atoms with Gasteiger partial charge in [-0.2, -0.15) is 0 Å². The standard InChI is InChI=1S/C28H30ClNO4.ClH/c29-26-14-19(5-8-25(26)21-3-1-2-4-21)17-33-24-7-6-23-13-20(18-34-27(23)15-24)16-30-11-9-22(10-12-30)28(31)32;/h5-9,13-15,21H,1-4,10-12,16-18H2,(H,31,32);1H. The molecular weight excluding hydrogens is 485 g/mol. The summed E-state index contributed by atoms with van der Waals surface area (Å²) in [5, 5.41) is 9.96. The molecule has 1 N–H and O–H groups in total. The van der Waals surface area contributed by atoms with E-state index in [1.807, 2.05) is 30.3 Å². The predicted octanol–water partition coefficient (Wildman–Crippen LogP) is 6.49. The fourth-order valence-electron chi connectivity index (χ4n) is 5.10. The minimum absolute atomic E-state index is 0. The Kier molecular flexibility index (Phi) is 8.42. The van der Waals surface area contributed by atoms with Crippen LogP contribution in [-0.4, -0.2) is 42.2 Å². The smallest absolute Gasteiger partial charge is 0.331 e. The van der Waals surface area contributed by atoms with Gasteiger partial charge >= 0.3 is 5.97 Å². The average molecular weight is 516 g/mol. The number of rotatable bonds is 7. The van der Waals surface area contributed by atoms with Gasteiger partial charge in [0.2, 0.25) is 0 Å². The van der Waals surface area contributed by atoms with Gasteiger partial charge in [-0.3, -0.25) is 4.90 Å². The molecule has 0 radical (unpaired) electrons. The minimum Gasteiger partial charge on any atom is -0.489 e. The molecule has 2 heterocycles. The van der Waals surface area contributed by atoms with Gasteiger partial charge in [-0.1, -0.05) is 42.7 Å². The molecule has 186 valence electrons. The van der Waals surface area contributed by atoms with Gasteiger partial charge in [0.05, 0.1) is 0 Å². The summed E-state index contributed by atoms with van der Waals surface area (Å²) < 4.78 is 12.1. The lowest BCUT2D eigenvalue weighted by molar-refractivity contribution is -0.133. The third kappa shape index (κ3) is 6.21. The summed E-state index contributed by atoms with van der Waals surface area (Å²) in [6.07, 6.45) is 9.63. The SMILES string of the molecule is Cl.O=C(O)C1=CCN(CC2=Cc3ccc(OCc4ccc(C5CCCC5)c(Cl)c4)cc3OC2)CC1. The van der Waals surface area contributed by atoms with Crippen LogP contribution in [0.25, 0.3) is 6.08 Å². The largest absolute Gasteiger partial charge is 0.489 e. The summed E-state index contributed by atoms with van der Waals surface area (Å²) in [5.74, 6) is 1.39. The molecule has 0 spiro atoms. The van der Waals surface area contributed by atoms with Gasteiger partial charge in [0.15, 0.2) is 0 Å². The van der Waals surface area contributed by atoms with E-state index < -0.39 is 5.97 Å². The van der Waals surface area contributed by atoms with E-state index in [0.717, 1.165) is 40.7 Å². The molecule has 1 saturated carbocycles. The Morgan fingerprint density at radius 1 is 1.17 bits per heavy atom. The van der Waals surface area contributed by atoms with Crippen molar-refractivity contribution in [3.8, 4) is 11.5 Å². The van der Waals surface area contributed by atoms with Crippen molar-refractivity contribution < 1.29 is 19.4 Å². The Bertz CT molecular complexity index is 1140. The van der Waals surface area contributed by atoms with Crippen molar-refractivity contribution in [2.75, 3.05) is 26.2 Å². The molecule has 35 heavy (non-hydrogen) atoms. The van der Waals surface area contributed by atoms with Gasteiger partial charge < -0.3 is 14.6 Å². The van der Waals surface area contributed by atoms with E-state index in [1.54, 1.807) is 0 Å². The zero-order valence-corrected chi connectivity index (χ0v) is 21.2. The van der Waals surface area contributed by atoms with Crippen LogP contribution in [0.15, 0.2) is 53.6 Å². The molecule has 0 amide bonds. The topological polar surface area (TPSA) is 59.0 Å². The molecule has 0 aromatic heterocycles. The summed E-state index contributed by atoms with van der Waals surface area (Å²) in [7, 11) is 0. The summed E-state index contributed by atoms with van der Waals surface area (Å²) in [4.78, 5) is 13.3. The molecule has 0 bridgehead atoms. The summed E-state index contributed by atoms with van der Waals surface area (Å²) in [5.41, 5.74) is 5.07. The first-order valence-electron chi connectivity index (χ1n) is 12.1. The predicted molar refractivity (Wildman–Crippen MR) is 141 cm³/mol. The van der Waals surface area contributed by atoms with Gasteiger partial charge in [-0.05, 0) is 66.2 Å². The first-order chi connectivity index (χ1) is 16.5. The molecule has 5 nitrogen and oxygen atoms in total. The molecule has 0 saturated heterocycles. The van der Waals surface area contributed by atoms with Gasteiger partial charge in [-0.15, -0.1) is 12.4 Å². The Morgan fingerprint density at radius 3 is 2.71 bits per heavy atom. The number of benzene rings is 2. The van der Waals surface area contributed by atoms with E-state index in [4.69, 9.17) is 26.2 Å². The summed E-state index contributed by atoms with van der Waals surface area (Å²) >= 11 is 6.58. The van der Waals surface area contributed by atoms with Gasteiger partial charge in [-0.25, -0.2) is 4.79 Å². The third-order valence-corrected chi connectivity index (χ3v) is 7.35. The number of carboxylic acid groups (broad SMARTS) is 1. The lowest BCUT2D eigenvalue weighted by Crippen LogP contribution is -2.33. The quantitative estimate of drug-likeness (QED) is 0.456. The van der Waals surface area contributed by atoms with Crippen LogP contribution in [0, 0.1) is 0 Å². The van der Waals surface area contributed by atoms with Gasteiger partial charge in [0, 0.05) is 41.9 Å². The zero-order chi connectivity index (χ0) is 23.5. The molecule has 0 atom stereocenters. The molecule has 2 aliphatic heterocycles. The number of hydrogen-bond acceptors (Lipinski definition) is 4. The van der Waals surface area contributed by atoms with Crippen LogP contribution in [0.4, 0.5) is 0 Å². The number of hydrogen-bond donors (Lipinski definition) is 1. The van der Waals surface area contributed by atoms with Crippen molar-refractivity contribution in [3.05, 3.63) is 75.3 Å². The number of ether oxygens (including phenoxy) is 2. The van der Waals surface area contributed by atoms with Crippen LogP contribution in [0.3, 0.4) is 0 Å². The number of carboxylic acids is 1. The van der Waals surface area contributed by atoms with Crippen molar-refractivity contribution in [2.45, 2.75) is 44.6 Å².